The monoisotopic (exact) mass is 372 g/mol. The van der Waals surface area contributed by atoms with Gasteiger partial charge in [0.2, 0.25) is 0 Å². The standard InChI is InChI=1S/C12H11Br2N2P/c1-17-11-3-2-7(13)4-9(11)10-5-8(14)6-16-12(10)15/h2-6,17H,1H3,(H2,15,16). The van der Waals surface area contributed by atoms with Crippen LogP contribution >= 0.6 is 40.4 Å². The van der Waals surface area contributed by atoms with Gasteiger partial charge in [-0.15, -0.1) is 0 Å². The Morgan fingerprint density at radius 1 is 1.12 bits per heavy atom. The highest BCUT2D eigenvalue weighted by Crippen LogP contribution is 2.30. The van der Waals surface area contributed by atoms with E-state index in [2.05, 4.69) is 61.7 Å². The number of hydrogen-bond acceptors (Lipinski definition) is 2. The van der Waals surface area contributed by atoms with Crippen molar-refractivity contribution >= 4 is 51.6 Å². The van der Waals surface area contributed by atoms with Gasteiger partial charge in [0.05, 0.1) is 0 Å². The van der Waals surface area contributed by atoms with Crippen molar-refractivity contribution in [3.8, 4) is 11.1 Å². The van der Waals surface area contributed by atoms with Crippen molar-refractivity contribution in [2.24, 2.45) is 0 Å². The van der Waals surface area contributed by atoms with E-state index >= 15 is 0 Å². The molecule has 1 atom stereocenters. The fourth-order valence-electron chi connectivity index (χ4n) is 1.62. The van der Waals surface area contributed by atoms with Gasteiger partial charge in [-0.25, -0.2) is 4.98 Å². The van der Waals surface area contributed by atoms with Crippen LogP contribution in [0.15, 0.2) is 39.4 Å². The van der Waals surface area contributed by atoms with E-state index in [0.717, 1.165) is 28.7 Å². The molecule has 0 aliphatic heterocycles. The smallest absolute Gasteiger partial charge is 0.131 e. The lowest BCUT2D eigenvalue weighted by atomic mass is 10.1. The number of pyridine rings is 1. The highest BCUT2D eigenvalue weighted by Gasteiger charge is 2.09. The summed E-state index contributed by atoms with van der Waals surface area (Å²) in [5, 5.41) is 1.29. The van der Waals surface area contributed by atoms with E-state index in [1.807, 2.05) is 6.07 Å². The molecule has 1 unspecified atom stereocenters. The predicted molar refractivity (Wildman–Crippen MR) is 83.4 cm³/mol. The van der Waals surface area contributed by atoms with Crippen LogP contribution in [0, 0.1) is 0 Å². The first-order valence-electron chi connectivity index (χ1n) is 5.00. The number of hydrogen-bond donors (Lipinski definition) is 1. The highest BCUT2D eigenvalue weighted by atomic mass is 79.9. The van der Waals surface area contributed by atoms with Gasteiger partial charge in [0, 0.05) is 20.7 Å². The molecule has 1 heterocycles. The first kappa shape index (κ1) is 13.0. The molecule has 0 saturated carbocycles. The van der Waals surface area contributed by atoms with Crippen LogP contribution in [0.3, 0.4) is 0 Å². The fraction of sp³-hybridized carbons (Fsp3) is 0.0833. The minimum atomic E-state index is 0.561. The summed E-state index contributed by atoms with van der Waals surface area (Å²) in [6.45, 7) is 2.16. The van der Waals surface area contributed by atoms with Crippen molar-refractivity contribution in [2.75, 3.05) is 12.4 Å². The molecule has 2 rings (SSSR count). The second kappa shape index (κ2) is 5.47. The minimum Gasteiger partial charge on any atom is -0.383 e. The third-order valence-electron chi connectivity index (χ3n) is 2.43. The largest absolute Gasteiger partial charge is 0.383 e. The Kier molecular flexibility index (Phi) is 4.18. The molecular weight excluding hydrogens is 363 g/mol. The van der Waals surface area contributed by atoms with E-state index in [4.69, 9.17) is 5.73 Å². The SMILES string of the molecule is CPc1ccc(Br)cc1-c1cc(Br)cnc1N. The number of aromatic nitrogens is 1. The van der Waals surface area contributed by atoms with Gasteiger partial charge >= 0.3 is 0 Å². The van der Waals surface area contributed by atoms with Crippen molar-refractivity contribution < 1.29 is 0 Å². The van der Waals surface area contributed by atoms with Crippen molar-refractivity contribution in [3.05, 3.63) is 39.4 Å². The van der Waals surface area contributed by atoms with E-state index in [1.54, 1.807) is 6.20 Å². The molecule has 0 aliphatic rings. The van der Waals surface area contributed by atoms with Gasteiger partial charge in [0.25, 0.3) is 0 Å². The number of rotatable bonds is 2. The zero-order valence-electron chi connectivity index (χ0n) is 9.17. The van der Waals surface area contributed by atoms with Crippen molar-refractivity contribution in [1.29, 1.82) is 0 Å². The zero-order valence-corrected chi connectivity index (χ0v) is 13.3. The topological polar surface area (TPSA) is 38.9 Å². The lowest BCUT2D eigenvalue weighted by Crippen LogP contribution is -2.02. The Balaban J connectivity index is 2.66. The predicted octanol–water partition coefficient (Wildman–Crippen LogP) is 3.79. The van der Waals surface area contributed by atoms with Gasteiger partial charge in [-0.05, 0) is 51.7 Å². The number of anilines is 1. The Hall–Kier alpha value is -0.440. The first-order valence-corrected chi connectivity index (χ1v) is 8.09. The molecule has 5 heteroatoms. The van der Waals surface area contributed by atoms with Crippen LogP contribution in [0.2, 0.25) is 0 Å². The number of nitrogen functional groups attached to an aromatic ring is 1. The number of benzene rings is 1. The van der Waals surface area contributed by atoms with Gasteiger partial charge in [-0.1, -0.05) is 30.6 Å². The first-order chi connectivity index (χ1) is 8.11. The number of nitrogens with zero attached hydrogens (tertiary/aromatic N) is 1. The molecule has 0 fully saturated rings. The third kappa shape index (κ3) is 2.87. The molecule has 17 heavy (non-hydrogen) atoms. The van der Waals surface area contributed by atoms with E-state index in [9.17, 15) is 0 Å². The van der Waals surface area contributed by atoms with Crippen LogP contribution in [-0.2, 0) is 0 Å². The average Bonchev–Trinajstić information content (AvgIpc) is 2.32. The molecule has 2 nitrogen and oxygen atoms in total. The Bertz CT molecular complexity index is 558. The van der Waals surface area contributed by atoms with Gasteiger partial charge in [-0.3, -0.25) is 0 Å². The highest BCUT2D eigenvalue weighted by molar-refractivity contribution is 9.10. The summed E-state index contributed by atoms with van der Waals surface area (Å²) < 4.78 is 1.99. The molecule has 1 aromatic carbocycles. The molecule has 88 valence electrons. The van der Waals surface area contributed by atoms with Gasteiger partial charge in [0.15, 0.2) is 0 Å². The molecular formula is C12H11Br2N2P. The molecule has 2 N–H and O–H groups in total. The number of nitrogens with two attached hydrogens (primary N) is 1. The van der Waals surface area contributed by atoms with E-state index in [1.165, 1.54) is 5.30 Å². The lowest BCUT2D eigenvalue weighted by Gasteiger charge is -2.11. The van der Waals surface area contributed by atoms with Crippen molar-refractivity contribution in [1.82, 2.24) is 4.98 Å². The van der Waals surface area contributed by atoms with E-state index in [0.29, 0.717) is 5.82 Å². The minimum absolute atomic E-state index is 0.561. The summed E-state index contributed by atoms with van der Waals surface area (Å²) in [6, 6.07) is 8.27. The van der Waals surface area contributed by atoms with Gasteiger partial charge in [0.1, 0.15) is 5.82 Å². The summed E-state index contributed by atoms with van der Waals surface area (Å²) in [5.41, 5.74) is 8.07. The van der Waals surface area contributed by atoms with Gasteiger partial charge in [-0.2, -0.15) is 0 Å². The molecule has 1 aromatic heterocycles. The number of halogens is 2. The molecule has 0 amide bonds. The summed E-state index contributed by atoms with van der Waals surface area (Å²) in [6.07, 6.45) is 1.71. The van der Waals surface area contributed by atoms with Crippen LogP contribution < -0.4 is 11.0 Å². The molecule has 0 spiro atoms. The summed E-state index contributed by atoms with van der Waals surface area (Å²) in [7, 11) is 0.724. The quantitative estimate of drug-likeness (QED) is 0.813. The normalized spacial score (nSPS) is 11.2. The molecule has 0 saturated heterocycles. The van der Waals surface area contributed by atoms with Crippen LogP contribution in [0.4, 0.5) is 5.82 Å². The second-order valence-electron chi connectivity index (χ2n) is 3.53. The lowest BCUT2D eigenvalue weighted by molar-refractivity contribution is 1.32. The van der Waals surface area contributed by atoms with Crippen LogP contribution in [0.25, 0.3) is 11.1 Å². The Labute approximate surface area is 119 Å². The Morgan fingerprint density at radius 3 is 2.53 bits per heavy atom. The van der Waals surface area contributed by atoms with Crippen LogP contribution in [0.1, 0.15) is 0 Å². The fourth-order valence-corrected chi connectivity index (χ4v) is 3.04. The van der Waals surface area contributed by atoms with Crippen LogP contribution in [0.5, 0.6) is 0 Å². The summed E-state index contributed by atoms with van der Waals surface area (Å²) >= 11 is 6.93. The average molecular weight is 374 g/mol. The molecule has 0 radical (unpaired) electrons. The Morgan fingerprint density at radius 2 is 1.82 bits per heavy atom. The van der Waals surface area contributed by atoms with Crippen molar-refractivity contribution in [3.63, 3.8) is 0 Å². The zero-order chi connectivity index (χ0) is 12.4. The molecule has 2 aromatic rings. The maximum absolute atomic E-state index is 5.95. The van der Waals surface area contributed by atoms with Crippen LogP contribution in [-0.4, -0.2) is 11.6 Å². The van der Waals surface area contributed by atoms with E-state index in [-0.39, 0.29) is 0 Å². The van der Waals surface area contributed by atoms with E-state index < -0.39 is 0 Å². The third-order valence-corrected chi connectivity index (χ3v) is 4.33. The maximum atomic E-state index is 5.95. The van der Waals surface area contributed by atoms with Crippen molar-refractivity contribution in [2.45, 2.75) is 0 Å². The van der Waals surface area contributed by atoms with Gasteiger partial charge < -0.3 is 5.73 Å². The molecule has 0 bridgehead atoms. The summed E-state index contributed by atoms with van der Waals surface area (Å²) in [4.78, 5) is 4.18. The maximum Gasteiger partial charge on any atom is 0.131 e. The second-order valence-corrected chi connectivity index (χ2v) is 6.40. The molecule has 0 aliphatic carbocycles. The summed E-state index contributed by atoms with van der Waals surface area (Å²) in [5.74, 6) is 0.561.